The van der Waals surface area contributed by atoms with Crippen LogP contribution in [0, 0.1) is 0 Å². The van der Waals surface area contributed by atoms with Gasteiger partial charge in [0.1, 0.15) is 17.4 Å². The second kappa shape index (κ2) is 5.16. The zero-order valence-electron chi connectivity index (χ0n) is 9.30. The Morgan fingerprint density at radius 3 is 2.65 bits per heavy atom. The molecule has 17 heavy (non-hydrogen) atoms. The lowest BCUT2D eigenvalue weighted by Crippen LogP contribution is -2.08. The van der Waals surface area contributed by atoms with Crippen LogP contribution in [-0.2, 0) is 6.42 Å². The quantitative estimate of drug-likeness (QED) is 0.692. The van der Waals surface area contributed by atoms with E-state index in [1.807, 2.05) is 12.1 Å². The molecule has 2 aromatic rings. The van der Waals surface area contributed by atoms with Crippen LogP contribution >= 0.6 is 0 Å². The predicted molar refractivity (Wildman–Crippen MR) is 66.7 cm³/mol. The Morgan fingerprint density at radius 2 is 1.94 bits per heavy atom. The summed E-state index contributed by atoms with van der Waals surface area (Å²) in [6.07, 6.45) is 2.35. The molecule has 0 spiro atoms. The molecule has 0 saturated heterocycles. The number of hydrogen-bond donors (Lipinski definition) is 3. The zero-order valence-corrected chi connectivity index (χ0v) is 9.30. The maximum Gasteiger partial charge on any atom is 0.132 e. The van der Waals surface area contributed by atoms with Crippen molar-refractivity contribution in [3.8, 4) is 5.75 Å². The molecule has 0 aliphatic carbocycles. The minimum Gasteiger partial charge on any atom is -0.508 e. The maximum atomic E-state index is 9.13. The molecule has 0 aliphatic rings. The largest absolute Gasteiger partial charge is 0.508 e. The van der Waals surface area contributed by atoms with E-state index in [1.54, 1.807) is 24.4 Å². The van der Waals surface area contributed by atoms with E-state index in [0.29, 0.717) is 18.8 Å². The number of phenolic OH excluding ortho intramolecular Hbond substituents is 1. The summed E-state index contributed by atoms with van der Waals surface area (Å²) >= 11 is 0. The van der Waals surface area contributed by atoms with E-state index < -0.39 is 0 Å². The first-order valence-corrected chi connectivity index (χ1v) is 5.34. The molecule has 0 atom stereocenters. The fraction of sp³-hybridized carbons (Fsp3) is 0.167. The molecule has 0 amide bonds. The third kappa shape index (κ3) is 3.34. The molecule has 0 saturated carbocycles. The minimum absolute atomic E-state index is 0.259. The predicted octanol–water partition coefficient (Wildman–Crippen LogP) is 1.42. The number of anilines is 2. The van der Waals surface area contributed by atoms with Gasteiger partial charge in [-0.05, 0) is 30.3 Å². The fourth-order valence-corrected chi connectivity index (χ4v) is 1.43. The van der Waals surface area contributed by atoms with Crippen molar-refractivity contribution in [1.82, 2.24) is 9.97 Å². The Kier molecular flexibility index (Phi) is 3.40. The summed E-state index contributed by atoms with van der Waals surface area (Å²) in [5.74, 6) is 1.46. The van der Waals surface area contributed by atoms with Gasteiger partial charge in [-0.25, -0.2) is 9.97 Å². The second-order valence-corrected chi connectivity index (χ2v) is 3.62. The Balaban J connectivity index is 1.85. The highest BCUT2D eigenvalue weighted by atomic mass is 16.3. The van der Waals surface area contributed by atoms with Crippen LogP contribution in [0.5, 0.6) is 5.75 Å². The fourth-order valence-electron chi connectivity index (χ4n) is 1.43. The molecule has 0 aliphatic heterocycles. The topological polar surface area (TPSA) is 84.1 Å². The van der Waals surface area contributed by atoms with Crippen molar-refractivity contribution in [2.24, 2.45) is 0 Å². The number of hydrogen-bond acceptors (Lipinski definition) is 5. The van der Waals surface area contributed by atoms with Gasteiger partial charge in [0, 0.05) is 24.8 Å². The van der Waals surface area contributed by atoms with E-state index in [4.69, 9.17) is 10.8 Å². The van der Waals surface area contributed by atoms with Gasteiger partial charge in [0.2, 0.25) is 0 Å². The molecule has 5 heteroatoms. The van der Waals surface area contributed by atoms with Gasteiger partial charge in [0.05, 0.1) is 0 Å². The SMILES string of the molecule is Nc1ccnc(CCNc2ccc(O)cc2)n1. The molecule has 0 radical (unpaired) electrons. The minimum atomic E-state index is 0.259. The first-order valence-electron chi connectivity index (χ1n) is 5.34. The molecule has 0 fully saturated rings. The third-order valence-electron chi connectivity index (χ3n) is 2.27. The zero-order chi connectivity index (χ0) is 12.1. The molecule has 4 N–H and O–H groups in total. The lowest BCUT2D eigenvalue weighted by atomic mass is 10.3. The summed E-state index contributed by atoms with van der Waals surface area (Å²) in [7, 11) is 0. The van der Waals surface area contributed by atoms with Crippen molar-refractivity contribution in [2.45, 2.75) is 6.42 Å². The number of nitrogen functional groups attached to an aromatic ring is 1. The molecular formula is C12H14N4O. The highest BCUT2D eigenvalue weighted by Gasteiger charge is 1.97. The van der Waals surface area contributed by atoms with Gasteiger partial charge in [-0.1, -0.05) is 0 Å². The van der Waals surface area contributed by atoms with Crippen LogP contribution in [0.1, 0.15) is 5.82 Å². The van der Waals surface area contributed by atoms with Crippen LogP contribution in [0.3, 0.4) is 0 Å². The van der Waals surface area contributed by atoms with E-state index in [0.717, 1.165) is 11.5 Å². The number of nitrogens with zero attached hydrogens (tertiary/aromatic N) is 2. The molecule has 0 unspecified atom stereocenters. The van der Waals surface area contributed by atoms with Crippen LogP contribution in [0.25, 0.3) is 0 Å². The standard InChI is InChI=1S/C12H14N4O/c13-11-5-7-15-12(16-11)6-8-14-9-1-3-10(17)4-2-9/h1-5,7,14,17H,6,8H2,(H2,13,15,16). The van der Waals surface area contributed by atoms with Gasteiger partial charge in [-0.15, -0.1) is 0 Å². The van der Waals surface area contributed by atoms with Gasteiger partial charge in [-0.2, -0.15) is 0 Å². The molecular weight excluding hydrogens is 216 g/mol. The first-order chi connectivity index (χ1) is 8.24. The van der Waals surface area contributed by atoms with Crippen molar-refractivity contribution in [3.63, 3.8) is 0 Å². The number of rotatable bonds is 4. The normalized spacial score (nSPS) is 10.1. The number of aromatic nitrogens is 2. The molecule has 0 bridgehead atoms. The average Bonchev–Trinajstić information content (AvgIpc) is 2.32. The van der Waals surface area contributed by atoms with Crippen molar-refractivity contribution < 1.29 is 5.11 Å². The molecule has 1 heterocycles. The first kappa shape index (κ1) is 11.2. The second-order valence-electron chi connectivity index (χ2n) is 3.62. The van der Waals surface area contributed by atoms with Crippen molar-refractivity contribution in [2.75, 3.05) is 17.6 Å². The van der Waals surface area contributed by atoms with Crippen LogP contribution in [0.2, 0.25) is 0 Å². The molecule has 1 aromatic heterocycles. The number of nitrogens with two attached hydrogens (primary N) is 1. The summed E-state index contributed by atoms with van der Waals surface area (Å²) in [5.41, 5.74) is 6.51. The third-order valence-corrected chi connectivity index (χ3v) is 2.27. The molecule has 88 valence electrons. The molecule has 1 aromatic carbocycles. The van der Waals surface area contributed by atoms with E-state index in [-0.39, 0.29) is 5.75 Å². The molecule has 5 nitrogen and oxygen atoms in total. The smallest absolute Gasteiger partial charge is 0.132 e. The van der Waals surface area contributed by atoms with Crippen molar-refractivity contribution >= 4 is 11.5 Å². The maximum absolute atomic E-state index is 9.13. The highest BCUT2D eigenvalue weighted by Crippen LogP contribution is 2.13. The lowest BCUT2D eigenvalue weighted by Gasteiger charge is -2.05. The highest BCUT2D eigenvalue weighted by molar-refractivity contribution is 5.45. The van der Waals surface area contributed by atoms with E-state index in [2.05, 4.69) is 15.3 Å². The lowest BCUT2D eigenvalue weighted by molar-refractivity contribution is 0.475. The van der Waals surface area contributed by atoms with Gasteiger partial charge >= 0.3 is 0 Å². The number of phenols is 1. The van der Waals surface area contributed by atoms with Crippen molar-refractivity contribution in [1.29, 1.82) is 0 Å². The average molecular weight is 230 g/mol. The van der Waals surface area contributed by atoms with E-state index in [1.165, 1.54) is 0 Å². The summed E-state index contributed by atoms with van der Waals surface area (Å²) in [5, 5.41) is 12.3. The Hall–Kier alpha value is -2.30. The summed E-state index contributed by atoms with van der Waals surface area (Å²) in [6, 6.07) is 8.57. The summed E-state index contributed by atoms with van der Waals surface area (Å²) < 4.78 is 0. The van der Waals surface area contributed by atoms with Crippen LogP contribution in [0.4, 0.5) is 11.5 Å². The van der Waals surface area contributed by atoms with E-state index >= 15 is 0 Å². The Morgan fingerprint density at radius 1 is 1.18 bits per heavy atom. The summed E-state index contributed by atoms with van der Waals surface area (Å²) in [4.78, 5) is 8.22. The van der Waals surface area contributed by atoms with Crippen molar-refractivity contribution in [3.05, 3.63) is 42.4 Å². The van der Waals surface area contributed by atoms with Gasteiger partial charge in [-0.3, -0.25) is 0 Å². The van der Waals surface area contributed by atoms with Gasteiger partial charge < -0.3 is 16.2 Å². The van der Waals surface area contributed by atoms with Gasteiger partial charge in [0.15, 0.2) is 0 Å². The van der Waals surface area contributed by atoms with Crippen LogP contribution in [-0.4, -0.2) is 21.6 Å². The summed E-state index contributed by atoms with van der Waals surface area (Å²) in [6.45, 7) is 0.716. The van der Waals surface area contributed by atoms with Gasteiger partial charge in [0.25, 0.3) is 0 Å². The van der Waals surface area contributed by atoms with Crippen LogP contribution in [0.15, 0.2) is 36.5 Å². The number of aromatic hydroxyl groups is 1. The van der Waals surface area contributed by atoms with Crippen LogP contribution < -0.4 is 11.1 Å². The Labute approximate surface area is 99.3 Å². The molecule has 2 rings (SSSR count). The monoisotopic (exact) mass is 230 g/mol. The van der Waals surface area contributed by atoms with E-state index in [9.17, 15) is 0 Å². The number of nitrogens with one attached hydrogen (secondary N) is 1. The Bertz CT molecular complexity index is 484. The number of benzene rings is 1.